The molecule has 0 saturated carbocycles. The first-order valence-electron chi connectivity index (χ1n) is 2.67. The van der Waals surface area contributed by atoms with Crippen LogP contribution in [0, 0.1) is 0 Å². The highest BCUT2D eigenvalue weighted by Gasteiger charge is 1.96. The van der Waals surface area contributed by atoms with E-state index in [-0.39, 0.29) is 6.61 Å². The van der Waals surface area contributed by atoms with Crippen molar-refractivity contribution in [3.05, 3.63) is 23.1 Å². The molecule has 1 N–H and O–H groups in total. The SMILES string of the molecule is OCC1=CC=CSSC1. The van der Waals surface area contributed by atoms with Gasteiger partial charge in [0.05, 0.1) is 6.61 Å². The van der Waals surface area contributed by atoms with Crippen molar-refractivity contribution in [3.63, 3.8) is 0 Å². The Kier molecular flexibility index (Phi) is 3.25. The zero-order valence-corrected chi connectivity index (χ0v) is 6.54. The lowest BCUT2D eigenvalue weighted by atomic mass is 10.3. The van der Waals surface area contributed by atoms with Crippen molar-refractivity contribution >= 4 is 21.6 Å². The van der Waals surface area contributed by atoms with E-state index in [0.29, 0.717) is 0 Å². The minimum absolute atomic E-state index is 0.192. The summed E-state index contributed by atoms with van der Waals surface area (Å²) in [6.45, 7) is 0.192. The first-order chi connectivity index (χ1) is 4.43. The van der Waals surface area contributed by atoms with E-state index in [1.807, 2.05) is 17.6 Å². The quantitative estimate of drug-likeness (QED) is 0.591. The molecule has 9 heavy (non-hydrogen) atoms. The lowest BCUT2D eigenvalue weighted by Gasteiger charge is -1.95. The molecule has 1 rings (SSSR count). The van der Waals surface area contributed by atoms with Gasteiger partial charge in [0.25, 0.3) is 0 Å². The third-order valence-electron chi connectivity index (χ3n) is 0.982. The molecule has 0 atom stereocenters. The molecule has 0 amide bonds. The van der Waals surface area contributed by atoms with Crippen molar-refractivity contribution in [2.45, 2.75) is 0 Å². The van der Waals surface area contributed by atoms with Crippen LogP contribution in [-0.2, 0) is 0 Å². The minimum Gasteiger partial charge on any atom is -0.392 e. The van der Waals surface area contributed by atoms with Crippen LogP contribution in [0.4, 0.5) is 0 Å². The lowest BCUT2D eigenvalue weighted by molar-refractivity contribution is 0.332. The molecule has 0 aromatic carbocycles. The number of aliphatic hydroxyl groups is 1. The van der Waals surface area contributed by atoms with Crippen LogP contribution < -0.4 is 0 Å². The van der Waals surface area contributed by atoms with Gasteiger partial charge in [-0.3, -0.25) is 0 Å². The molecule has 50 valence electrons. The van der Waals surface area contributed by atoms with E-state index in [4.69, 9.17) is 5.11 Å². The van der Waals surface area contributed by atoms with Crippen molar-refractivity contribution < 1.29 is 5.11 Å². The Morgan fingerprint density at radius 1 is 1.67 bits per heavy atom. The molecule has 0 spiro atoms. The van der Waals surface area contributed by atoms with Crippen LogP contribution in [0.5, 0.6) is 0 Å². The van der Waals surface area contributed by atoms with Gasteiger partial charge in [-0.2, -0.15) is 0 Å². The maximum Gasteiger partial charge on any atom is 0.0653 e. The standard InChI is InChI=1S/C6H8OS2/c7-4-6-2-1-3-8-9-5-6/h1-3,7H,4-5H2. The summed E-state index contributed by atoms with van der Waals surface area (Å²) >= 11 is 0. The Labute approximate surface area is 62.6 Å². The van der Waals surface area contributed by atoms with Gasteiger partial charge in [0.2, 0.25) is 0 Å². The fraction of sp³-hybridized carbons (Fsp3) is 0.333. The number of hydrogen-bond donors (Lipinski definition) is 1. The minimum atomic E-state index is 0.192. The summed E-state index contributed by atoms with van der Waals surface area (Å²) in [5, 5.41) is 10.7. The number of allylic oxidation sites excluding steroid dienone is 2. The highest BCUT2D eigenvalue weighted by atomic mass is 33.1. The summed E-state index contributed by atoms with van der Waals surface area (Å²) in [6, 6.07) is 0. The van der Waals surface area contributed by atoms with E-state index in [1.54, 1.807) is 21.6 Å². The topological polar surface area (TPSA) is 20.2 Å². The smallest absolute Gasteiger partial charge is 0.0653 e. The highest BCUT2D eigenvalue weighted by molar-refractivity contribution is 8.77. The van der Waals surface area contributed by atoms with Gasteiger partial charge in [-0.25, -0.2) is 0 Å². The monoisotopic (exact) mass is 160 g/mol. The number of rotatable bonds is 1. The van der Waals surface area contributed by atoms with Crippen molar-refractivity contribution in [1.82, 2.24) is 0 Å². The van der Waals surface area contributed by atoms with Crippen LogP contribution in [0.25, 0.3) is 0 Å². The second-order valence-corrected chi connectivity index (χ2v) is 3.94. The summed E-state index contributed by atoms with van der Waals surface area (Å²) in [4.78, 5) is 0. The number of hydrogen-bond acceptors (Lipinski definition) is 3. The largest absolute Gasteiger partial charge is 0.392 e. The van der Waals surface area contributed by atoms with Gasteiger partial charge < -0.3 is 5.11 Å². The highest BCUT2D eigenvalue weighted by Crippen LogP contribution is 2.26. The van der Waals surface area contributed by atoms with Gasteiger partial charge in [0.1, 0.15) is 0 Å². The fourth-order valence-corrected chi connectivity index (χ4v) is 2.22. The van der Waals surface area contributed by atoms with Crippen LogP contribution in [0.15, 0.2) is 23.1 Å². The molecule has 0 aromatic rings. The molecule has 0 aliphatic carbocycles. The number of aliphatic hydroxyl groups excluding tert-OH is 1. The fourth-order valence-electron chi connectivity index (χ4n) is 0.503. The molecule has 1 aliphatic rings. The summed E-state index contributed by atoms with van der Waals surface area (Å²) in [7, 11) is 3.46. The normalized spacial score (nSPS) is 19.0. The maximum absolute atomic E-state index is 8.69. The van der Waals surface area contributed by atoms with E-state index in [9.17, 15) is 0 Å². The Morgan fingerprint density at radius 3 is 3.33 bits per heavy atom. The van der Waals surface area contributed by atoms with Gasteiger partial charge in [-0.05, 0) is 11.0 Å². The molecule has 1 heterocycles. The molecule has 0 saturated heterocycles. The summed E-state index contributed by atoms with van der Waals surface area (Å²) in [5.41, 5.74) is 1.10. The molecule has 0 unspecified atom stereocenters. The zero-order chi connectivity index (χ0) is 6.53. The average molecular weight is 160 g/mol. The molecule has 1 nitrogen and oxygen atoms in total. The van der Waals surface area contributed by atoms with Crippen molar-refractivity contribution in [3.8, 4) is 0 Å². The molecule has 3 heteroatoms. The van der Waals surface area contributed by atoms with E-state index >= 15 is 0 Å². The molecule has 0 radical (unpaired) electrons. The Morgan fingerprint density at radius 2 is 2.56 bits per heavy atom. The Balaban J connectivity index is 2.49. The molecule has 1 aliphatic heterocycles. The third-order valence-corrected chi connectivity index (χ3v) is 2.97. The van der Waals surface area contributed by atoms with Crippen molar-refractivity contribution in [1.29, 1.82) is 0 Å². The van der Waals surface area contributed by atoms with Crippen LogP contribution in [0.1, 0.15) is 0 Å². The predicted molar refractivity (Wildman–Crippen MR) is 44.4 cm³/mol. The van der Waals surface area contributed by atoms with Gasteiger partial charge in [0.15, 0.2) is 0 Å². The second kappa shape index (κ2) is 4.04. The van der Waals surface area contributed by atoms with Gasteiger partial charge in [-0.1, -0.05) is 33.7 Å². The Bertz CT molecular complexity index is 140. The van der Waals surface area contributed by atoms with Crippen LogP contribution in [0.2, 0.25) is 0 Å². The first-order valence-corrected chi connectivity index (χ1v) is 5.05. The zero-order valence-electron chi connectivity index (χ0n) is 4.91. The predicted octanol–water partition coefficient (Wildman–Crippen LogP) is 1.81. The van der Waals surface area contributed by atoms with Crippen molar-refractivity contribution in [2.24, 2.45) is 0 Å². The van der Waals surface area contributed by atoms with Gasteiger partial charge >= 0.3 is 0 Å². The first kappa shape index (κ1) is 7.25. The van der Waals surface area contributed by atoms with E-state index in [1.165, 1.54) is 0 Å². The Hall–Kier alpha value is 0.140. The summed E-state index contributed by atoms with van der Waals surface area (Å²) < 4.78 is 0. The van der Waals surface area contributed by atoms with Gasteiger partial charge in [0, 0.05) is 5.75 Å². The van der Waals surface area contributed by atoms with E-state index in [2.05, 4.69) is 0 Å². The molecular formula is C6H8OS2. The second-order valence-electron chi connectivity index (χ2n) is 1.67. The average Bonchev–Trinajstić information content (AvgIpc) is 2.13. The van der Waals surface area contributed by atoms with Crippen LogP contribution in [0.3, 0.4) is 0 Å². The summed E-state index contributed by atoms with van der Waals surface area (Å²) in [6.07, 6.45) is 3.93. The van der Waals surface area contributed by atoms with E-state index in [0.717, 1.165) is 11.3 Å². The van der Waals surface area contributed by atoms with Crippen molar-refractivity contribution in [2.75, 3.05) is 12.4 Å². The van der Waals surface area contributed by atoms with Crippen LogP contribution in [-0.4, -0.2) is 17.5 Å². The maximum atomic E-state index is 8.69. The van der Waals surface area contributed by atoms with E-state index < -0.39 is 0 Å². The van der Waals surface area contributed by atoms with Gasteiger partial charge in [-0.15, -0.1) is 0 Å². The summed E-state index contributed by atoms with van der Waals surface area (Å²) in [5.74, 6) is 0.939. The molecular weight excluding hydrogens is 152 g/mol. The van der Waals surface area contributed by atoms with Crippen LogP contribution >= 0.6 is 21.6 Å². The molecule has 0 fully saturated rings. The molecule has 0 bridgehead atoms. The molecule has 0 aromatic heterocycles. The third kappa shape index (κ3) is 2.47. The lowest BCUT2D eigenvalue weighted by Crippen LogP contribution is -1.90.